The summed E-state index contributed by atoms with van der Waals surface area (Å²) in [5, 5.41) is 5.79. The molecule has 0 saturated carbocycles. The number of rotatable bonds is 11. The Bertz CT molecular complexity index is 762. The number of benzene rings is 2. The Morgan fingerprint density at radius 2 is 1.72 bits per heavy atom. The van der Waals surface area contributed by atoms with Crippen LogP contribution < -0.4 is 16.4 Å². The van der Waals surface area contributed by atoms with Crippen molar-refractivity contribution in [2.75, 3.05) is 25.5 Å². The Balaban J connectivity index is 1.92. The van der Waals surface area contributed by atoms with E-state index >= 15 is 0 Å². The van der Waals surface area contributed by atoms with Crippen molar-refractivity contribution in [1.29, 1.82) is 0 Å². The Morgan fingerprint density at radius 3 is 2.38 bits per heavy atom. The Kier molecular flexibility index (Phi) is 9.34. The lowest BCUT2D eigenvalue weighted by Gasteiger charge is -2.21. The van der Waals surface area contributed by atoms with Gasteiger partial charge in [-0.3, -0.25) is 14.5 Å². The normalized spacial score (nSPS) is 11.9. The SMILES string of the molecule is Cc1ccc(NC(=O)[C@H](CCCCN)NC(=O)CN(C)Cc2ccccc2)cc1. The first-order valence-electron chi connectivity index (χ1n) is 10.1. The average Bonchev–Trinajstić information content (AvgIpc) is 2.69. The number of hydrogen-bond acceptors (Lipinski definition) is 4. The average molecular weight is 397 g/mol. The van der Waals surface area contributed by atoms with E-state index in [1.54, 1.807) is 0 Å². The van der Waals surface area contributed by atoms with Gasteiger partial charge >= 0.3 is 0 Å². The van der Waals surface area contributed by atoms with E-state index in [2.05, 4.69) is 10.6 Å². The molecule has 156 valence electrons. The predicted molar refractivity (Wildman–Crippen MR) is 117 cm³/mol. The maximum Gasteiger partial charge on any atom is 0.246 e. The molecule has 0 saturated heterocycles. The Morgan fingerprint density at radius 1 is 1.03 bits per heavy atom. The summed E-state index contributed by atoms with van der Waals surface area (Å²) in [4.78, 5) is 27.2. The minimum atomic E-state index is -0.583. The van der Waals surface area contributed by atoms with E-state index in [1.165, 1.54) is 0 Å². The molecule has 0 spiro atoms. The molecular weight excluding hydrogens is 364 g/mol. The smallest absolute Gasteiger partial charge is 0.246 e. The molecule has 2 rings (SSSR count). The van der Waals surface area contributed by atoms with E-state index in [-0.39, 0.29) is 18.4 Å². The molecule has 6 nitrogen and oxygen atoms in total. The first-order chi connectivity index (χ1) is 14.0. The fraction of sp³-hybridized carbons (Fsp3) is 0.391. The molecule has 0 aliphatic heterocycles. The molecular formula is C23H32N4O2. The highest BCUT2D eigenvalue weighted by atomic mass is 16.2. The summed E-state index contributed by atoms with van der Waals surface area (Å²) in [5.41, 5.74) is 8.56. The van der Waals surface area contributed by atoms with Gasteiger partial charge in [-0.1, -0.05) is 48.0 Å². The van der Waals surface area contributed by atoms with E-state index in [0.717, 1.165) is 29.7 Å². The van der Waals surface area contributed by atoms with Crippen molar-refractivity contribution in [1.82, 2.24) is 10.2 Å². The summed E-state index contributed by atoms with van der Waals surface area (Å²) >= 11 is 0. The molecule has 0 aromatic heterocycles. The molecule has 6 heteroatoms. The lowest BCUT2D eigenvalue weighted by atomic mass is 10.1. The summed E-state index contributed by atoms with van der Waals surface area (Å²) < 4.78 is 0. The lowest BCUT2D eigenvalue weighted by molar-refractivity contribution is -0.127. The topological polar surface area (TPSA) is 87.5 Å². The van der Waals surface area contributed by atoms with Crippen LogP contribution in [0.3, 0.4) is 0 Å². The van der Waals surface area contributed by atoms with Gasteiger partial charge in [0.25, 0.3) is 0 Å². The quantitative estimate of drug-likeness (QED) is 0.510. The fourth-order valence-electron chi connectivity index (χ4n) is 3.06. The number of aryl methyl sites for hydroxylation is 1. The van der Waals surface area contributed by atoms with Crippen LogP contribution in [0, 0.1) is 6.92 Å². The second kappa shape index (κ2) is 12.0. The van der Waals surface area contributed by atoms with Gasteiger partial charge in [0, 0.05) is 12.2 Å². The molecule has 4 N–H and O–H groups in total. The molecule has 0 radical (unpaired) electrons. The third-order valence-electron chi connectivity index (χ3n) is 4.63. The number of amides is 2. The van der Waals surface area contributed by atoms with Gasteiger partial charge in [-0.15, -0.1) is 0 Å². The van der Waals surface area contributed by atoms with Gasteiger partial charge in [0.05, 0.1) is 6.54 Å². The highest BCUT2D eigenvalue weighted by Crippen LogP contribution is 2.11. The Labute approximate surface area is 173 Å². The summed E-state index contributed by atoms with van der Waals surface area (Å²) in [6, 6.07) is 17.0. The second-order valence-electron chi connectivity index (χ2n) is 7.42. The van der Waals surface area contributed by atoms with Crippen LogP contribution >= 0.6 is 0 Å². The van der Waals surface area contributed by atoms with Crippen molar-refractivity contribution in [3.05, 3.63) is 65.7 Å². The van der Waals surface area contributed by atoms with Crippen LogP contribution in [0.2, 0.25) is 0 Å². The number of hydrogen-bond donors (Lipinski definition) is 3. The van der Waals surface area contributed by atoms with Crippen molar-refractivity contribution in [3.8, 4) is 0 Å². The van der Waals surface area contributed by atoms with E-state index in [4.69, 9.17) is 5.73 Å². The summed E-state index contributed by atoms with van der Waals surface area (Å²) in [7, 11) is 1.89. The van der Waals surface area contributed by atoms with Crippen LogP contribution in [0.25, 0.3) is 0 Å². The molecule has 2 aromatic carbocycles. The van der Waals surface area contributed by atoms with E-state index < -0.39 is 6.04 Å². The number of likely N-dealkylation sites (N-methyl/N-ethyl adjacent to an activating group) is 1. The molecule has 0 unspecified atom stereocenters. The number of unbranched alkanes of at least 4 members (excludes halogenated alkanes) is 1. The third kappa shape index (κ3) is 8.46. The number of anilines is 1. The van der Waals surface area contributed by atoms with E-state index in [1.807, 2.05) is 73.5 Å². The lowest BCUT2D eigenvalue weighted by Crippen LogP contribution is -2.47. The second-order valence-corrected chi connectivity index (χ2v) is 7.42. The van der Waals surface area contributed by atoms with Gasteiger partial charge in [0.2, 0.25) is 11.8 Å². The molecule has 0 fully saturated rings. The molecule has 2 aromatic rings. The Hall–Kier alpha value is -2.70. The van der Waals surface area contributed by atoms with E-state index in [0.29, 0.717) is 19.5 Å². The van der Waals surface area contributed by atoms with Crippen molar-refractivity contribution in [2.24, 2.45) is 5.73 Å². The van der Waals surface area contributed by atoms with Crippen LogP contribution in [-0.2, 0) is 16.1 Å². The first-order valence-corrected chi connectivity index (χ1v) is 10.1. The van der Waals surface area contributed by atoms with Crippen LogP contribution in [-0.4, -0.2) is 42.9 Å². The summed E-state index contributed by atoms with van der Waals surface area (Å²) in [6.07, 6.45) is 2.16. The van der Waals surface area contributed by atoms with Gasteiger partial charge in [-0.05, 0) is 57.5 Å². The number of carbonyl (C=O) groups is 2. The minimum Gasteiger partial charge on any atom is -0.343 e. The maximum absolute atomic E-state index is 12.7. The molecule has 0 heterocycles. The van der Waals surface area contributed by atoms with E-state index in [9.17, 15) is 9.59 Å². The summed E-state index contributed by atoms with van der Waals surface area (Å²) in [6.45, 7) is 3.45. The van der Waals surface area contributed by atoms with Crippen molar-refractivity contribution in [3.63, 3.8) is 0 Å². The number of nitrogens with zero attached hydrogens (tertiary/aromatic N) is 1. The van der Waals surface area contributed by atoms with Gasteiger partial charge < -0.3 is 16.4 Å². The van der Waals surface area contributed by atoms with Crippen LogP contribution in [0.4, 0.5) is 5.69 Å². The maximum atomic E-state index is 12.7. The van der Waals surface area contributed by atoms with Gasteiger partial charge in [0.1, 0.15) is 6.04 Å². The van der Waals surface area contributed by atoms with Crippen LogP contribution in [0.1, 0.15) is 30.4 Å². The molecule has 0 bridgehead atoms. The zero-order valence-electron chi connectivity index (χ0n) is 17.4. The van der Waals surface area contributed by atoms with Crippen LogP contribution in [0.5, 0.6) is 0 Å². The molecule has 0 aliphatic rings. The molecule has 0 aliphatic carbocycles. The first kappa shape index (κ1) is 22.6. The van der Waals surface area contributed by atoms with Crippen molar-refractivity contribution >= 4 is 17.5 Å². The fourth-order valence-corrected chi connectivity index (χ4v) is 3.06. The highest BCUT2D eigenvalue weighted by molar-refractivity contribution is 5.97. The number of nitrogens with one attached hydrogen (secondary N) is 2. The third-order valence-corrected chi connectivity index (χ3v) is 4.63. The zero-order valence-corrected chi connectivity index (χ0v) is 17.4. The van der Waals surface area contributed by atoms with Gasteiger partial charge in [-0.25, -0.2) is 0 Å². The van der Waals surface area contributed by atoms with Crippen molar-refractivity contribution < 1.29 is 9.59 Å². The number of carbonyl (C=O) groups excluding carboxylic acids is 2. The monoisotopic (exact) mass is 396 g/mol. The minimum absolute atomic E-state index is 0.166. The van der Waals surface area contributed by atoms with Crippen molar-refractivity contribution in [2.45, 2.75) is 38.8 Å². The standard InChI is InChI=1S/C23H32N4O2/c1-18-11-13-20(14-12-18)25-23(29)21(10-6-7-15-24)26-22(28)17-27(2)16-19-8-4-3-5-9-19/h3-5,8-9,11-14,21H,6-7,10,15-17,24H2,1-2H3,(H,25,29)(H,26,28)/t21-/m0/s1. The predicted octanol–water partition coefficient (Wildman–Crippen LogP) is 2.68. The highest BCUT2D eigenvalue weighted by Gasteiger charge is 2.21. The summed E-state index contributed by atoms with van der Waals surface area (Å²) in [5.74, 6) is -0.370. The largest absolute Gasteiger partial charge is 0.343 e. The molecule has 29 heavy (non-hydrogen) atoms. The van der Waals surface area contributed by atoms with Gasteiger partial charge in [-0.2, -0.15) is 0 Å². The molecule has 1 atom stereocenters. The number of nitrogens with two attached hydrogens (primary N) is 1. The van der Waals surface area contributed by atoms with Gasteiger partial charge in [0.15, 0.2) is 0 Å². The molecule has 2 amide bonds. The zero-order chi connectivity index (χ0) is 21.1. The van der Waals surface area contributed by atoms with Crippen LogP contribution in [0.15, 0.2) is 54.6 Å².